The van der Waals surface area contributed by atoms with Crippen molar-refractivity contribution in [3.05, 3.63) is 54.1 Å². The Morgan fingerprint density at radius 2 is 1.29 bits per heavy atom. The molecule has 2 N–H and O–H groups in total. The van der Waals surface area contributed by atoms with Gasteiger partial charge in [-0.3, -0.25) is 19.1 Å². The third kappa shape index (κ3) is 9.01. The molecule has 2 aromatic rings. The number of hydrogen-bond donors (Lipinski definition) is 2. The Balaban J connectivity index is 0.00000408. The number of halogens is 1. The molecule has 34 heavy (non-hydrogen) atoms. The summed E-state index contributed by atoms with van der Waals surface area (Å²) in [5, 5.41) is 0. The van der Waals surface area contributed by atoms with Crippen molar-refractivity contribution in [2.24, 2.45) is 0 Å². The maximum absolute atomic E-state index is 12.7. The van der Waals surface area contributed by atoms with Gasteiger partial charge in [-0.15, -0.1) is 12.4 Å². The lowest BCUT2D eigenvalue weighted by molar-refractivity contribution is 0.0620. The molecule has 10 nitrogen and oxygen atoms in total. The molecule has 0 bridgehead atoms. The molecular formula is C21H29ClN4O6S2. The summed E-state index contributed by atoms with van der Waals surface area (Å²) >= 11 is 0. The van der Waals surface area contributed by atoms with Gasteiger partial charge in [0.2, 0.25) is 20.0 Å². The van der Waals surface area contributed by atoms with Gasteiger partial charge in [0.15, 0.2) is 0 Å². The molecule has 3 rings (SSSR count). The second kappa shape index (κ2) is 11.7. The van der Waals surface area contributed by atoms with Crippen molar-refractivity contribution < 1.29 is 26.4 Å². The average Bonchev–Trinajstić information content (AvgIpc) is 2.73. The molecular weight excluding hydrogens is 504 g/mol. The van der Waals surface area contributed by atoms with Gasteiger partial charge in [0.05, 0.1) is 12.5 Å². The first-order chi connectivity index (χ1) is 15.5. The highest BCUT2D eigenvalue weighted by atomic mass is 35.5. The van der Waals surface area contributed by atoms with E-state index < -0.39 is 20.0 Å². The van der Waals surface area contributed by atoms with Crippen LogP contribution in [0.2, 0.25) is 0 Å². The fraction of sp³-hybridized carbons (Fsp3) is 0.381. The molecule has 2 aromatic carbocycles. The highest BCUT2D eigenvalue weighted by molar-refractivity contribution is 7.92. The number of amides is 1. The number of hydrogen-bond acceptors (Lipinski definition) is 7. The lowest BCUT2D eigenvalue weighted by Crippen LogP contribution is -2.49. The van der Waals surface area contributed by atoms with E-state index in [-0.39, 0.29) is 18.3 Å². The maximum atomic E-state index is 12.7. The predicted molar refractivity (Wildman–Crippen MR) is 135 cm³/mol. The van der Waals surface area contributed by atoms with Crippen LogP contribution < -0.4 is 14.2 Å². The summed E-state index contributed by atoms with van der Waals surface area (Å²) in [7, 11) is -6.67. The fourth-order valence-electron chi connectivity index (χ4n) is 3.38. The Morgan fingerprint density at radius 3 is 1.76 bits per heavy atom. The van der Waals surface area contributed by atoms with Crippen LogP contribution in [0, 0.1) is 0 Å². The summed E-state index contributed by atoms with van der Waals surface area (Å²) in [6.45, 7) is 3.81. The van der Waals surface area contributed by atoms with Crippen molar-refractivity contribution in [2.75, 3.05) is 61.3 Å². The van der Waals surface area contributed by atoms with Crippen LogP contribution in [0.1, 0.15) is 10.4 Å². The number of nitrogens with zero attached hydrogens (tertiary/aromatic N) is 2. The fourth-order valence-corrected chi connectivity index (χ4v) is 4.51. The van der Waals surface area contributed by atoms with Crippen LogP contribution >= 0.6 is 12.4 Å². The van der Waals surface area contributed by atoms with Gasteiger partial charge < -0.3 is 9.64 Å². The van der Waals surface area contributed by atoms with E-state index in [0.29, 0.717) is 48.9 Å². The van der Waals surface area contributed by atoms with Crippen molar-refractivity contribution in [3.8, 4) is 5.75 Å². The van der Waals surface area contributed by atoms with Gasteiger partial charge in [-0.05, 0) is 48.5 Å². The molecule has 1 heterocycles. The summed E-state index contributed by atoms with van der Waals surface area (Å²) < 4.78 is 55.6. The summed E-state index contributed by atoms with van der Waals surface area (Å²) in [4.78, 5) is 16.7. The number of carbonyl (C=O) groups is 1. The van der Waals surface area contributed by atoms with Crippen molar-refractivity contribution in [2.45, 2.75) is 0 Å². The van der Waals surface area contributed by atoms with E-state index in [4.69, 9.17) is 4.74 Å². The molecule has 1 aliphatic heterocycles. The Bertz CT molecular complexity index is 1160. The topological polar surface area (TPSA) is 125 Å². The van der Waals surface area contributed by atoms with Gasteiger partial charge in [0.1, 0.15) is 12.4 Å². The largest absolute Gasteiger partial charge is 0.492 e. The Kier molecular flexibility index (Phi) is 9.56. The second-order valence-corrected chi connectivity index (χ2v) is 11.3. The number of carbonyl (C=O) groups excluding carboxylic acids is 1. The van der Waals surface area contributed by atoms with Gasteiger partial charge >= 0.3 is 0 Å². The molecule has 0 unspecified atom stereocenters. The van der Waals surface area contributed by atoms with Crippen LogP contribution in [0.25, 0.3) is 0 Å². The molecule has 1 amide bonds. The normalized spacial score (nSPS) is 14.7. The lowest BCUT2D eigenvalue weighted by Gasteiger charge is -2.34. The molecule has 13 heteroatoms. The predicted octanol–water partition coefficient (Wildman–Crippen LogP) is 1.69. The number of sulfonamides is 2. The van der Waals surface area contributed by atoms with E-state index in [1.165, 1.54) is 0 Å². The first-order valence-electron chi connectivity index (χ1n) is 10.3. The molecule has 1 fully saturated rings. The van der Waals surface area contributed by atoms with E-state index >= 15 is 0 Å². The molecule has 188 valence electrons. The van der Waals surface area contributed by atoms with Crippen LogP contribution in [-0.4, -0.2) is 84.4 Å². The quantitative estimate of drug-likeness (QED) is 0.503. The molecule has 0 atom stereocenters. The number of rotatable bonds is 9. The molecule has 0 aliphatic carbocycles. The Labute approximate surface area is 206 Å². The average molecular weight is 533 g/mol. The SMILES string of the molecule is CS(=O)(=O)Nc1ccc(OCCN2CCN(C(=O)c3ccc(NS(C)(=O)=O)cc3)CC2)cc1.Cl. The van der Waals surface area contributed by atoms with Crippen LogP contribution in [0.3, 0.4) is 0 Å². The van der Waals surface area contributed by atoms with Gasteiger partial charge in [0.25, 0.3) is 5.91 Å². The molecule has 0 spiro atoms. The third-order valence-electron chi connectivity index (χ3n) is 4.93. The summed E-state index contributed by atoms with van der Waals surface area (Å²) in [5.74, 6) is 0.566. The zero-order valence-corrected chi connectivity index (χ0v) is 21.4. The lowest BCUT2D eigenvalue weighted by atomic mass is 10.1. The molecule has 1 saturated heterocycles. The van der Waals surface area contributed by atoms with E-state index in [2.05, 4.69) is 14.3 Å². The van der Waals surface area contributed by atoms with Crippen molar-refractivity contribution >= 4 is 49.7 Å². The minimum absolute atomic E-state index is 0. The van der Waals surface area contributed by atoms with Crippen LogP contribution in [0.15, 0.2) is 48.5 Å². The van der Waals surface area contributed by atoms with Crippen molar-refractivity contribution in [1.82, 2.24) is 9.80 Å². The first-order valence-corrected chi connectivity index (χ1v) is 14.1. The van der Waals surface area contributed by atoms with Crippen LogP contribution in [-0.2, 0) is 20.0 Å². The van der Waals surface area contributed by atoms with Gasteiger partial charge in [-0.1, -0.05) is 0 Å². The van der Waals surface area contributed by atoms with Crippen molar-refractivity contribution in [1.29, 1.82) is 0 Å². The minimum Gasteiger partial charge on any atom is -0.492 e. The van der Waals surface area contributed by atoms with E-state index in [1.807, 2.05) is 0 Å². The van der Waals surface area contributed by atoms with Gasteiger partial charge in [0, 0.05) is 49.7 Å². The molecule has 1 aliphatic rings. The maximum Gasteiger partial charge on any atom is 0.253 e. The zero-order valence-electron chi connectivity index (χ0n) is 18.9. The number of piperazine rings is 1. The van der Waals surface area contributed by atoms with E-state index in [1.54, 1.807) is 53.4 Å². The number of ether oxygens (including phenoxy) is 1. The third-order valence-corrected chi connectivity index (χ3v) is 6.14. The van der Waals surface area contributed by atoms with E-state index in [9.17, 15) is 21.6 Å². The highest BCUT2D eigenvalue weighted by Crippen LogP contribution is 2.17. The Hall–Kier alpha value is -2.54. The monoisotopic (exact) mass is 532 g/mol. The number of anilines is 2. The summed E-state index contributed by atoms with van der Waals surface area (Å²) in [6.07, 6.45) is 2.17. The number of benzene rings is 2. The zero-order chi connectivity index (χ0) is 24.1. The second-order valence-electron chi connectivity index (χ2n) is 7.83. The van der Waals surface area contributed by atoms with Gasteiger partial charge in [-0.25, -0.2) is 16.8 Å². The molecule has 0 aromatic heterocycles. The summed E-state index contributed by atoms with van der Waals surface area (Å²) in [5.41, 5.74) is 1.41. The van der Waals surface area contributed by atoms with Crippen LogP contribution in [0.5, 0.6) is 5.75 Å². The standard InChI is InChI=1S/C21H28N4O6S2.ClH/c1-32(27,28)22-18-5-3-17(4-6-18)21(26)25-13-11-24(12-14-25)15-16-31-20-9-7-19(8-10-20)23-33(2,29)30;/h3-10,22-23H,11-16H2,1-2H3;1H. The number of nitrogens with one attached hydrogen (secondary N) is 2. The molecule has 0 radical (unpaired) electrons. The van der Waals surface area contributed by atoms with E-state index in [0.717, 1.165) is 25.6 Å². The van der Waals surface area contributed by atoms with Gasteiger partial charge in [-0.2, -0.15) is 0 Å². The smallest absolute Gasteiger partial charge is 0.253 e. The first kappa shape index (κ1) is 27.7. The summed E-state index contributed by atoms with van der Waals surface area (Å²) in [6, 6.07) is 13.1. The highest BCUT2D eigenvalue weighted by Gasteiger charge is 2.22. The van der Waals surface area contributed by atoms with Crippen LogP contribution in [0.4, 0.5) is 11.4 Å². The van der Waals surface area contributed by atoms with Crippen molar-refractivity contribution in [3.63, 3.8) is 0 Å². The Morgan fingerprint density at radius 1 is 0.824 bits per heavy atom. The molecule has 0 saturated carbocycles. The minimum atomic E-state index is -3.36.